The van der Waals surface area contributed by atoms with Crippen molar-refractivity contribution < 1.29 is 29.3 Å². The van der Waals surface area contributed by atoms with Crippen molar-refractivity contribution in [2.24, 2.45) is 39.4 Å². The molecule has 4 saturated carbocycles. The Bertz CT molecular complexity index is 1550. The standard InChI is InChI=1S/C46H64O6/c1-33(13-11-17-34-15-5-4-6-16-34)14-12-25-45-38(47)21-26-43(3,36-20-27-44(30-36)23-9-10-24-44)41(45)37-31-42(2,22-8-7-18-39(48)52-37)46(45,50)28-19-35-29-40(49)51-32-35/h4-6,15-16,29,33,36-38,41,47,50H,7,9-14,17-21,23-28,30-32H2,1-3H3/t33-,36+,37-,38+,41+,42+,43+,45+,46-/m1/s1. The molecule has 52 heavy (non-hydrogen) atoms. The second kappa shape index (κ2) is 14.9. The summed E-state index contributed by atoms with van der Waals surface area (Å²) in [7, 11) is 0. The summed E-state index contributed by atoms with van der Waals surface area (Å²) in [6.45, 7) is 7.12. The Labute approximate surface area is 312 Å². The molecule has 1 spiro atoms. The summed E-state index contributed by atoms with van der Waals surface area (Å²) < 4.78 is 11.9. The molecule has 2 heterocycles. The van der Waals surface area contributed by atoms with Gasteiger partial charge in [-0.05, 0) is 118 Å². The third-order valence-electron chi connectivity index (χ3n) is 15.7. The van der Waals surface area contributed by atoms with E-state index in [1.165, 1.54) is 50.5 Å². The van der Waals surface area contributed by atoms with Crippen LogP contribution < -0.4 is 0 Å². The molecular formula is C46H64O6. The van der Waals surface area contributed by atoms with E-state index in [0.717, 1.165) is 44.1 Å². The Morgan fingerprint density at radius 1 is 0.942 bits per heavy atom. The van der Waals surface area contributed by atoms with Crippen molar-refractivity contribution in [2.75, 3.05) is 6.61 Å². The minimum atomic E-state index is -1.38. The fourth-order valence-electron chi connectivity index (χ4n) is 13.0. The van der Waals surface area contributed by atoms with Gasteiger partial charge in [0.15, 0.2) is 0 Å². The lowest BCUT2D eigenvalue weighted by Crippen LogP contribution is -2.76. The summed E-state index contributed by atoms with van der Waals surface area (Å²) in [5, 5.41) is 26.7. The normalized spacial score (nSPS) is 38.6. The topological polar surface area (TPSA) is 93.1 Å². The Morgan fingerprint density at radius 2 is 1.71 bits per heavy atom. The van der Waals surface area contributed by atoms with E-state index in [1.54, 1.807) is 6.08 Å². The van der Waals surface area contributed by atoms with Crippen LogP contribution >= 0.6 is 0 Å². The zero-order chi connectivity index (χ0) is 36.6. The van der Waals surface area contributed by atoms with Gasteiger partial charge in [-0.2, -0.15) is 0 Å². The van der Waals surface area contributed by atoms with Gasteiger partial charge < -0.3 is 19.7 Å². The molecule has 2 bridgehead atoms. The smallest absolute Gasteiger partial charge is 0.331 e. The first-order chi connectivity index (χ1) is 24.9. The molecule has 7 rings (SSSR count). The highest BCUT2D eigenvalue weighted by molar-refractivity contribution is 5.85. The van der Waals surface area contributed by atoms with Gasteiger partial charge in [0, 0.05) is 30.3 Å². The Hall–Kier alpha value is -2.62. The number of esters is 2. The number of hydrogen-bond donors (Lipinski definition) is 2. The SMILES string of the molecule is C[C@H](CCCc1ccccc1)CCC[C@]12[C@@H](O)CC[C@@](C)([C@H]3CCC4(CCCC4)C3)[C@@H]1[C@H]1C[C@](C)(C#CCCC(=O)O1)[C@]2(O)CCC1=CC(=O)OC1. The predicted molar refractivity (Wildman–Crippen MR) is 203 cm³/mol. The van der Waals surface area contributed by atoms with Crippen LogP contribution in [-0.4, -0.2) is 46.6 Å². The first-order valence-corrected chi connectivity index (χ1v) is 20.9. The fourth-order valence-corrected chi connectivity index (χ4v) is 13.0. The van der Waals surface area contributed by atoms with Crippen LogP contribution in [0, 0.1) is 51.3 Å². The number of hydrogen-bond acceptors (Lipinski definition) is 6. The van der Waals surface area contributed by atoms with E-state index >= 15 is 0 Å². The maximum atomic E-state index is 13.9. The maximum absolute atomic E-state index is 13.9. The van der Waals surface area contributed by atoms with Crippen LogP contribution in [0.1, 0.15) is 148 Å². The van der Waals surface area contributed by atoms with E-state index in [1.807, 2.05) is 0 Å². The van der Waals surface area contributed by atoms with Crippen molar-refractivity contribution in [3.8, 4) is 11.8 Å². The van der Waals surface area contributed by atoms with E-state index in [4.69, 9.17) is 9.47 Å². The molecule has 0 saturated heterocycles. The first kappa shape index (κ1) is 37.7. The van der Waals surface area contributed by atoms with Crippen molar-refractivity contribution >= 4 is 11.9 Å². The molecule has 2 N–H and O–H groups in total. The molecule has 9 atom stereocenters. The summed E-state index contributed by atoms with van der Waals surface area (Å²) in [6, 6.07) is 10.7. The number of aryl methyl sites for hydroxylation is 1. The highest BCUT2D eigenvalue weighted by atomic mass is 16.5. The molecule has 6 nitrogen and oxygen atoms in total. The molecule has 4 fully saturated rings. The number of benzene rings is 1. The van der Waals surface area contributed by atoms with Crippen LogP contribution in [0.25, 0.3) is 0 Å². The average molecular weight is 713 g/mol. The van der Waals surface area contributed by atoms with E-state index in [-0.39, 0.29) is 36.3 Å². The van der Waals surface area contributed by atoms with Crippen LogP contribution in [0.5, 0.6) is 0 Å². The van der Waals surface area contributed by atoms with Crippen LogP contribution in [0.4, 0.5) is 0 Å². The van der Waals surface area contributed by atoms with Crippen LogP contribution in [-0.2, 0) is 25.5 Å². The van der Waals surface area contributed by atoms with Crippen molar-refractivity contribution in [3.63, 3.8) is 0 Å². The maximum Gasteiger partial charge on any atom is 0.331 e. The molecule has 6 aliphatic rings. The van der Waals surface area contributed by atoms with Gasteiger partial charge in [0.1, 0.15) is 12.7 Å². The molecule has 0 unspecified atom stereocenters. The lowest BCUT2D eigenvalue weighted by molar-refractivity contribution is -0.313. The van der Waals surface area contributed by atoms with Gasteiger partial charge in [-0.1, -0.05) is 82.2 Å². The zero-order valence-electron chi connectivity index (χ0n) is 32.2. The zero-order valence-corrected chi connectivity index (χ0v) is 32.2. The number of fused-ring (bicyclic) bond motifs is 4. The third kappa shape index (κ3) is 6.81. The Kier molecular flexibility index (Phi) is 10.8. The Balaban J connectivity index is 1.26. The van der Waals surface area contributed by atoms with Gasteiger partial charge in [-0.15, -0.1) is 5.92 Å². The number of rotatable bonds is 12. The molecule has 6 heteroatoms. The number of aliphatic hydroxyl groups excluding tert-OH is 1. The molecule has 0 aromatic heterocycles. The Morgan fingerprint density at radius 3 is 2.46 bits per heavy atom. The summed E-state index contributed by atoms with van der Waals surface area (Å²) in [4.78, 5) is 25.7. The van der Waals surface area contributed by atoms with Gasteiger partial charge in [-0.25, -0.2) is 4.79 Å². The monoisotopic (exact) mass is 712 g/mol. The number of aliphatic hydroxyl groups is 2. The van der Waals surface area contributed by atoms with Crippen molar-refractivity contribution in [1.29, 1.82) is 0 Å². The molecule has 4 aliphatic carbocycles. The molecule has 284 valence electrons. The van der Waals surface area contributed by atoms with Gasteiger partial charge in [0.2, 0.25) is 0 Å². The number of carbonyl (C=O) groups is 2. The second-order valence-corrected chi connectivity index (χ2v) is 18.7. The van der Waals surface area contributed by atoms with Crippen molar-refractivity contribution in [2.45, 2.75) is 167 Å². The summed E-state index contributed by atoms with van der Waals surface area (Å²) in [5.41, 5.74) is -0.746. The predicted octanol–water partition coefficient (Wildman–Crippen LogP) is 9.05. The van der Waals surface area contributed by atoms with Crippen molar-refractivity contribution in [3.05, 3.63) is 47.5 Å². The molecule has 0 amide bonds. The van der Waals surface area contributed by atoms with E-state index in [2.05, 4.69) is 62.9 Å². The minimum Gasteiger partial charge on any atom is -0.462 e. The number of cyclic esters (lactones) is 1. The summed E-state index contributed by atoms with van der Waals surface area (Å²) >= 11 is 0. The van der Waals surface area contributed by atoms with Crippen LogP contribution in [0.3, 0.4) is 0 Å². The largest absolute Gasteiger partial charge is 0.462 e. The van der Waals surface area contributed by atoms with Crippen molar-refractivity contribution in [1.82, 2.24) is 0 Å². The molecular weight excluding hydrogens is 649 g/mol. The first-order valence-electron chi connectivity index (χ1n) is 20.9. The minimum absolute atomic E-state index is 0.198. The average Bonchev–Trinajstić information content (AvgIpc) is 3.89. The van der Waals surface area contributed by atoms with E-state index < -0.39 is 28.6 Å². The van der Waals surface area contributed by atoms with E-state index in [9.17, 15) is 19.8 Å². The number of carbonyl (C=O) groups excluding carboxylic acids is 2. The molecule has 1 aromatic carbocycles. The van der Waals surface area contributed by atoms with E-state index in [0.29, 0.717) is 55.8 Å². The highest BCUT2D eigenvalue weighted by Crippen LogP contribution is 2.73. The molecule has 2 aliphatic heterocycles. The van der Waals surface area contributed by atoms with Crippen LogP contribution in [0.2, 0.25) is 0 Å². The van der Waals surface area contributed by atoms with Gasteiger partial charge >= 0.3 is 11.9 Å². The fraction of sp³-hybridized carbons (Fsp3) is 0.739. The van der Waals surface area contributed by atoms with Gasteiger partial charge in [0.25, 0.3) is 0 Å². The lowest BCUT2D eigenvalue weighted by Gasteiger charge is -2.71. The summed E-state index contributed by atoms with van der Waals surface area (Å²) in [6.07, 6.45) is 18.6. The summed E-state index contributed by atoms with van der Waals surface area (Å²) in [5.74, 6) is 7.10. The molecule has 1 aromatic rings. The lowest BCUT2D eigenvalue weighted by atomic mass is 9.36. The highest BCUT2D eigenvalue weighted by Gasteiger charge is 2.75. The third-order valence-corrected chi connectivity index (χ3v) is 15.7. The quantitative estimate of drug-likeness (QED) is 0.166. The molecule has 0 radical (unpaired) electrons. The van der Waals surface area contributed by atoms with Gasteiger partial charge in [0.05, 0.1) is 23.5 Å². The number of ether oxygens (including phenoxy) is 2. The second-order valence-electron chi connectivity index (χ2n) is 18.7. The van der Waals surface area contributed by atoms with Gasteiger partial charge in [-0.3, -0.25) is 4.79 Å². The van der Waals surface area contributed by atoms with Crippen LogP contribution in [0.15, 0.2) is 42.0 Å².